The van der Waals surface area contributed by atoms with Crippen molar-refractivity contribution in [2.75, 3.05) is 10.2 Å². The van der Waals surface area contributed by atoms with Crippen LogP contribution in [0.3, 0.4) is 0 Å². The quantitative estimate of drug-likeness (QED) is 0.180. The van der Waals surface area contributed by atoms with Gasteiger partial charge in [0.25, 0.3) is 0 Å². The fourth-order valence-electron chi connectivity index (χ4n) is 11.0. The molecule has 0 aliphatic carbocycles. The van der Waals surface area contributed by atoms with Crippen LogP contribution in [0.1, 0.15) is 49.9 Å². The Bertz CT molecular complexity index is 3250. The lowest BCUT2D eigenvalue weighted by atomic mass is 9.57. The van der Waals surface area contributed by atoms with E-state index in [0.29, 0.717) is 0 Å². The Kier molecular flexibility index (Phi) is 5.84. The van der Waals surface area contributed by atoms with Crippen molar-refractivity contribution in [1.82, 2.24) is 4.57 Å². The minimum absolute atomic E-state index is 0.193. The molecule has 0 unspecified atom stereocenters. The lowest BCUT2D eigenvalue weighted by molar-refractivity contribution is 0.477. The molecule has 1 N–H and O–H groups in total. The van der Waals surface area contributed by atoms with Crippen molar-refractivity contribution in [3.05, 3.63) is 168 Å². The summed E-state index contributed by atoms with van der Waals surface area (Å²) in [5.41, 5.74) is 19.2. The van der Waals surface area contributed by atoms with E-state index in [-0.39, 0.29) is 10.8 Å². The van der Waals surface area contributed by atoms with Gasteiger partial charge in [0.1, 0.15) is 0 Å². The van der Waals surface area contributed by atoms with Crippen LogP contribution in [0, 0.1) is 0 Å². The zero-order chi connectivity index (χ0) is 37.9. The fraction of sp³-hybridized carbons (Fsp3) is 0.115. The Morgan fingerprint density at radius 1 is 0.561 bits per heavy atom. The zero-order valence-electron chi connectivity index (χ0n) is 32.2. The summed E-state index contributed by atoms with van der Waals surface area (Å²) in [4.78, 5) is 2.46. The Hall–Kier alpha value is -6.72. The van der Waals surface area contributed by atoms with Gasteiger partial charge >= 0.3 is 0 Å². The van der Waals surface area contributed by atoms with E-state index >= 15 is 0 Å². The van der Waals surface area contributed by atoms with Crippen molar-refractivity contribution in [3.63, 3.8) is 0 Å². The lowest BCUT2D eigenvalue weighted by Crippen LogP contribution is -2.41. The van der Waals surface area contributed by atoms with Crippen LogP contribution < -0.4 is 25.9 Å². The molecule has 269 valence electrons. The van der Waals surface area contributed by atoms with Gasteiger partial charge in [-0.05, 0) is 86.5 Å². The summed E-state index contributed by atoms with van der Waals surface area (Å²) < 4.78 is 9.28. The van der Waals surface area contributed by atoms with Crippen molar-refractivity contribution in [3.8, 4) is 28.3 Å². The standard InChI is InChI=1S/C52H37BN3O/c1-51(2)34-18-7-8-22-38(34)54-47-31(17-13-19-35(47)51)32-28-41(55-39-23-9-11-25-42(39)57-43-26-12-10-24-40(43)55)44-33-27-29-15-5-6-16-30(29)45-48(33)56-49-36(52(45,3)4)20-14-21-37(49)53-46(32)50(44)56/h5-28,54H,1-4H3. The zero-order valence-corrected chi connectivity index (χ0v) is 32.2. The average Bonchev–Trinajstić information content (AvgIpc) is 3.57. The monoisotopic (exact) mass is 730 g/mol. The predicted octanol–water partition coefficient (Wildman–Crippen LogP) is 12.2. The van der Waals surface area contributed by atoms with Gasteiger partial charge in [-0.25, -0.2) is 0 Å². The van der Waals surface area contributed by atoms with Crippen molar-refractivity contribution in [2.45, 2.75) is 38.5 Å². The van der Waals surface area contributed by atoms with E-state index in [1.807, 2.05) is 0 Å². The fourth-order valence-corrected chi connectivity index (χ4v) is 11.0. The molecule has 5 heterocycles. The third-order valence-corrected chi connectivity index (χ3v) is 13.5. The molecule has 4 aliphatic heterocycles. The van der Waals surface area contributed by atoms with E-state index in [1.54, 1.807) is 0 Å². The second kappa shape index (κ2) is 10.6. The number of nitrogens with zero attached hydrogens (tertiary/aromatic N) is 2. The van der Waals surface area contributed by atoms with Crippen molar-refractivity contribution in [1.29, 1.82) is 0 Å². The van der Waals surface area contributed by atoms with E-state index in [4.69, 9.17) is 4.74 Å². The molecular weight excluding hydrogens is 693 g/mol. The van der Waals surface area contributed by atoms with Crippen LogP contribution in [-0.2, 0) is 10.8 Å². The van der Waals surface area contributed by atoms with Gasteiger partial charge in [-0.1, -0.05) is 136 Å². The molecule has 0 bridgehead atoms. The number of fused-ring (bicyclic) bond motifs is 7. The third-order valence-electron chi connectivity index (χ3n) is 13.5. The lowest BCUT2D eigenvalue weighted by Gasteiger charge is -2.39. The van der Waals surface area contributed by atoms with Gasteiger partial charge in [-0.3, -0.25) is 0 Å². The normalized spacial score (nSPS) is 15.7. The first-order valence-electron chi connectivity index (χ1n) is 20.0. The van der Waals surface area contributed by atoms with E-state index in [9.17, 15) is 0 Å². The average molecular weight is 731 g/mol. The number of anilines is 5. The van der Waals surface area contributed by atoms with Crippen LogP contribution in [0.25, 0.3) is 49.4 Å². The highest BCUT2D eigenvalue weighted by Crippen LogP contribution is 2.57. The Balaban J connectivity index is 1.25. The van der Waals surface area contributed by atoms with Gasteiger partial charge < -0.3 is 19.5 Å². The van der Waals surface area contributed by atoms with Crippen LogP contribution >= 0.6 is 0 Å². The summed E-state index contributed by atoms with van der Waals surface area (Å²) in [6, 6.07) is 53.5. The van der Waals surface area contributed by atoms with Crippen LogP contribution in [0.4, 0.5) is 28.4 Å². The molecule has 13 rings (SSSR count). The van der Waals surface area contributed by atoms with Gasteiger partial charge in [0, 0.05) is 38.5 Å². The van der Waals surface area contributed by atoms with E-state index in [1.165, 1.54) is 88.3 Å². The van der Waals surface area contributed by atoms with Crippen molar-refractivity contribution >= 4 is 79.2 Å². The minimum atomic E-state index is -0.233. The van der Waals surface area contributed by atoms with Gasteiger partial charge in [0.2, 0.25) is 0 Å². The molecule has 8 aromatic carbocycles. The van der Waals surface area contributed by atoms with Gasteiger partial charge in [0.05, 0.1) is 33.8 Å². The summed E-state index contributed by atoms with van der Waals surface area (Å²) in [5, 5.41) is 9.06. The predicted molar refractivity (Wildman–Crippen MR) is 237 cm³/mol. The Labute approximate surface area is 332 Å². The van der Waals surface area contributed by atoms with Crippen LogP contribution in [-0.4, -0.2) is 11.8 Å². The first kappa shape index (κ1) is 31.5. The van der Waals surface area contributed by atoms with Crippen LogP contribution in [0.5, 0.6) is 11.5 Å². The van der Waals surface area contributed by atoms with E-state index in [2.05, 4.69) is 195 Å². The molecule has 0 fully saturated rings. The molecule has 1 radical (unpaired) electrons. The maximum absolute atomic E-state index is 6.63. The number of benzene rings is 8. The molecule has 57 heavy (non-hydrogen) atoms. The number of aromatic nitrogens is 1. The topological polar surface area (TPSA) is 29.4 Å². The third kappa shape index (κ3) is 3.85. The highest BCUT2D eigenvalue weighted by molar-refractivity contribution is 6.74. The first-order chi connectivity index (χ1) is 27.8. The van der Waals surface area contributed by atoms with Crippen LogP contribution in [0.2, 0.25) is 0 Å². The summed E-state index contributed by atoms with van der Waals surface area (Å²) in [6.07, 6.45) is 0. The number of hydrogen-bond donors (Lipinski definition) is 1. The molecule has 9 aromatic rings. The highest BCUT2D eigenvalue weighted by Gasteiger charge is 2.42. The maximum Gasteiger partial charge on any atom is 0.197 e. The van der Waals surface area contributed by atoms with Crippen molar-refractivity contribution < 1.29 is 4.74 Å². The molecule has 4 nitrogen and oxygen atoms in total. The molecule has 0 spiro atoms. The maximum atomic E-state index is 6.63. The Morgan fingerprint density at radius 3 is 2.07 bits per heavy atom. The second-order valence-corrected chi connectivity index (χ2v) is 17.2. The van der Waals surface area contributed by atoms with E-state index < -0.39 is 0 Å². The van der Waals surface area contributed by atoms with Crippen LogP contribution in [0.15, 0.2) is 146 Å². The van der Waals surface area contributed by atoms with E-state index in [0.717, 1.165) is 34.2 Å². The molecular formula is C52H37BN3O. The smallest absolute Gasteiger partial charge is 0.197 e. The van der Waals surface area contributed by atoms with Gasteiger partial charge in [-0.15, -0.1) is 0 Å². The second-order valence-electron chi connectivity index (χ2n) is 17.2. The molecule has 0 atom stereocenters. The first-order valence-corrected chi connectivity index (χ1v) is 20.0. The summed E-state index contributed by atoms with van der Waals surface area (Å²) >= 11 is 0. The summed E-state index contributed by atoms with van der Waals surface area (Å²) in [5.74, 6) is 1.69. The number of nitrogens with one attached hydrogen (secondary N) is 1. The minimum Gasteiger partial charge on any atom is -0.453 e. The number of para-hydroxylation sites is 7. The Morgan fingerprint density at radius 2 is 1.25 bits per heavy atom. The summed E-state index contributed by atoms with van der Waals surface area (Å²) in [6.45, 7) is 9.56. The molecule has 0 saturated carbocycles. The van der Waals surface area contributed by atoms with Crippen molar-refractivity contribution in [2.24, 2.45) is 0 Å². The highest BCUT2D eigenvalue weighted by atomic mass is 16.5. The number of hydrogen-bond acceptors (Lipinski definition) is 3. The summed E-state index contributed by atoms with van der Waals surface area (Å²) in [7, 11) is 2.47. The van der Waals surface area contributed by atoms with Gasteiger partial charge in [0.15, 0.2) is 18.8 Å². The van der Waals surface area contributed by atoms with Gasteiger partial charge in [-0.2, -0.15) is 0 Å². The SMILES string of the molecule is CC1(C)c2ccccc2Nc2c(-c3cc(N4c5ccccc5Oc5ccccc54)c4c5cc6ccccc6c6c5n5c4c3[B]c3cccc(c3-5)C6(C)C)cccc21. The molecule has 4 aliphatic rings. The molecule has 0 amide bonds. The molecule has 1 aromatic heterocycles. The molecule has 5 heteroatoms. The number of ether oxygens (including phenoxy) is 1. The molecule has 0 saturated heterocycles. The number of rotatable bonds is 2. The largest absolute Gasteiger partial charge is 0.453 e.